The van der Waals surface area contributed by atoms with E-state index in [-0.39, 0.29) is 11.5 Å². The minimum absolute atomic E-state index is 0.102. The van der Waals surface area contributed by atoms with Crippen LogP contribution in [-0.2, 0) is 4.74 Å². The molecule has 2 fully saturated rings. The first-order valence-corrected chi connectivity index (χ1v) is 9.00. The van der Waals surface area contributed by atoms with Gasteiger partial charge in [-0.25, -0.2) is 9.50 Å². The van der Waals surface area contributed by atoms with E-state index in [1.165, 1.54) is 0 Å². The molecule has 132 valence electrons. The van der Waals surface area contributed by atoms with Gasteiger partial charge in [0.2, 0.25) is 0 Å². The van der Waals surface area contributed by atoms with Gasteiger partial charge in [0.1, 0.15) is 11.6 Å². The Kier molecular flexibility index (Phi) is 5.30. The van der Waals surface area contributed by atoms with Crippen LogP contribution >= 0.6 is 0 Å². The highest BCUT2D eigenvalue weighted by Gasteiger charge is 2.28. The summed E-state index contributed by atoms with van der Waals surface area (Å²) in [4.78, 5) is 19.8. The highest BCUT2D eigenvalue weighted by molar-refractivity contribution is 5.42. The van der Waals surface area contributed by atoms with Gasteiger partial charge in [0, 0.05) is 31.6 Å². The Labute approximate surface area is 141 Å². The number of rotatable bonds is 2. The topological polar surface area (TPSA) is 84.3 Å². The zero-order valence-corrected chi connectivity index (χ0v) is 14.7. The second-order valence-corrected chi connectivity index (χ2v) is 6.38. The third-order valence-electron chi connectivity index (χ3n) is 4.90. The van der Waals surface area contributed by atoms with Crippen molar-refractivity contribution < 1.29 is 4.74 Å². The Morgan fingerprint density at radius 3 is 2.67 bits per heavy atom. The van der Waals surface area contributed by atoms with E-state index in [9.17, 15) is 4.79 Å². The molecule has 2 aromatic rings. The maximum atomic E-state index is 12.4. The molecule has 24 heavy (non-hydrogen) atoms. The summed E-state index contributed by atoms with van der Waals surface area (Å²) in [6.45, 7) is 9.50. The summed E-state index contributed by atoms with van der Waals surface area (Å²) in [5, 5.41) is 8.08. The molecule has 4 rings (SSSR count). The van der Waals surface area contributed by atoms with Crippen LogP contribution in [0.2, 0.25) is 0 Å². The second-order valence-electron chi connectivity index (χ2n) is 6.38. The molecule has 2 N–H and O–H groups in total. The number of aromatic nitrogens is 4. The molecule has 0 radical (unpaired) electrons. The van der Waals surface area contributed by atoms with Crippen LogP contribution in [0, 0.1) is 5.92 Å². The van der Waals surface area contributed by atoms with Gasteiger partial charge in [0.05, 0.1) is 6.20 Å². The minimum atomic E-state index is -0.102. The molecule has 7 heteroatoms. The van der Waals surface area contributed by atoms with Gasteiger partial charge in [-0.3, -0.25) is 4.79 Å². The van der Waals surface area contributed by atoms with Crippen molar-refractivity contribution in [2.24, 2.45) is 5.92 Å². The number of nitrogens with zero attached hydrogens (tertiary/aromatic N) is 3. The zero-order chi connectivity index (χ0) is 17.1. The summed E-state index contributed by atoms with van der Waals surface area (Å²) in [6, 6.07) is 0. The van der Waals surface area contributed by atoms with Gasteiger partial charge in [0.25, 0.3) is 5.56 Å². The lowest BCUT2D eigenvalue weighted by Crippen LogP contribution is -2.23. The molecule has 7 nitrogen and oxygen atoms in total. The smallest absolute Gasteiger partial charge is 0.276 e. The monoisotopic (exact) mass is 333 g/mol. The number of nitrogens with one attached hydrogen (secondary N) is 2. The van der Waals surface area contributed by atoms with Gasteiger partial charge in [-0.15, -0.1) is 0 Å². The molecule has 2 saturated heterocycles. The Hall–Kier alpha value is -1.73. The first-order chi connectivity index (χ1) is 11.7. The van der Waals surface area contributed by atoms with Crippen LogP contribution in [0.3, 0.4) is 0 Å². The number of hydrogen-bond acceptors (Lipinski definition) is 5. The molecule has 2 aliphatic heterocycles. The van der Waals surface area contributed by atoms with Crippen molar-refractivity contribution in [3.8, 4) is 0 Å². The second kappa shape index (κ2) is 7.44. The van der Waals surface area contributed by atoms with E-state index in [0.29, 0.717) is 17.4 Å². The van der Waals surface area contributed by atoms with E-state index in [2.05, 4.69) is 22.2 Å². The van der Waals surface area contributed by atoms with Crippen LogP contribution in [0.15, 0.2) is 11.0 Å². The molecule has 0 aliphatic carbocycles. The van der Waals surface area contributed by atoms with E-state index >= 15 is 0 Å². The highest BCUT2D eigenvalue weighted by Crippen LogP contribution is 2.27. The largest absolute Gasteiger partial charge is 0.381 e. The molecule has 0 amide bonds. The zero-order valence-electron chi connectivity index (χ0n) is 14.7. The van der Waals surface area contributed by atoms with Gasteiger partial charge in [-0.1, -0.05) is 20.8 Å². The third kappa shape index (κ3) is 3.10. The molecule has 2 aliphatic rings. The lowest BCUT2D eigenvalue weighted by Gasteiger charge is -2.21. The molecule has 2 atom stereocenters. The predicted octanol–water partition coefficient (Wildman–Crippen LogP) is 1.66. The SMILES string of the molecule is CC.CC1CNCC1c1nn2c(C3CCOCC3)ncc2c(=O)[nH]1. The molecule has 4 heterocycles. The van der Waals surface area contributed by atoms with Crippen LogP contribution in [0.25, 0.3) is 5.52 Å². The summed E-state index contributed by atoms with van der Waals surface area (Å²) in [6.07, 6.45) is 3.51. The summed E-state index contributed by atoms with van der Waals surface area (Å²) in [7, 11) is 0. The van der Waals surface area contributed by atoms with Gasteiger partial charge in [-0.2, -0.15) is 5.10 Å². The average Bonchev–Trinajstić information content (AvgIpc) is 3.24. The van der Waals surface area contributed by atoms with E-state index < -0.39 is 0 Å². The fourth-order valence-electron chi connectivity index (χ4n) is 3.51. The molecule has 0 bridgehead atoms. The molecular formula is C17H27N5O2. The van der Waals surface area contributed by atoms with E-state index in [1.54, 1.807) is 10.7 Å². The molecule has 0 saturated carbocycles. The lowest BCUT2D eigenvalue weighted by molar-refractivity contribution is 0.0832. The van der Waals surface area contributed by atoms with Crippen LogP contribution in [0.1, 0.15) is 57.1 Å². The fourth-order valence-corrected chi connectivity index (χ4v) is 3.51. The number of H-pyrrole nitrogens is 1. The number of aromatic amines is 1. The van der Waals surface area contributed by atoms with Crippen LogP contribution in [-0.4, -0.2) is 45.9 Å². The molecule has 0 spiro atoms. The highest BCUT2D eigenvalue weighted by atomic mass is 16.5. The molecule has 2 unspecified atom stereocenters. The molecular weight excluding hydrogens is 306 g/mol. The average molecular weight is 333 g/mol. The maximum absolute atomic E-state index is 12.4. The molecule has 2 aromatic heterocycles. The van der Waals surface area contributed by atoms with Gasteiger partial charge >= 0.3 is 0 Å². The standard InChI is InChI=1S/C15H21N5O2.C2H6/c1-9-6-16-7-11(9)13-18-15(21)12-8-17-14(20(12)19-13)10-2-4-22-5-3-10;1-2/h8-11,16H,2-7H2,1H3,(H,18,19,21);1-2H3. The summed E-state index contributed by atoms with van der Waals surface area (Å²) in [5.41, 5.74) is 0.429. The Morgan fingerprint density at radius 1 is 1.25 bits per heavy atom. The first-order valence-electron chi connectivity index (χ1n) is 9.00. The van der Waals surface area contributed by atoms with Crippen LogP contribution in [0.5, 0.6) is 0 Å². The Balaban J connectivity index is 0.000000815. The number of imidazole rings is 1. The molecule has 0 aromatic carbocycles. The van der Waals surface area contributed by atoms with E-state index in [4.69, 9.17) is 9.84 Å². The quantitative estimate of drug-likeness (QED) is 0.873. The summed E-state index contributed by atoms with van der Waals surface area (Å²) in [5.74, 6) is 2.70. The number of fused-ring (bicyclic) bond motifs is 1. The lowest BCUT2D eigenvalue weighted by atomic mass is 9.97. The number of ether oxygens (including phenoxy) is 1. The number of hydrogen-bond donors (Lipinski definition) is 2. The normalized spacial score (nSPS) is 24.8. The van der Waals surface area contributed by atoms with Crippen molar-refractivity contribution in [1.29, 1.82) is 0 Å². The first kappa shape index (κ1) is 17.1. The maximum Gasteiger partial charge on any atom is 0.276 e. The minimum Gasteiger partial charge on any atom is -0.381 e. The van der Waals surface area contributed by atoms with Crippen LogP contribution in [0.4, 0.5) is 0 Å². The van der Waals surface area contributed by atoms with Crippen molar-refractivity contribution in [2.45, 2.75) is 45.4 Å². The van der Waals surface area contributed by atoms with Crippen molar-refractivity contribution in [2.75, 3.05) is 26.3 Å². The van der Waals surface area contributed by atoms with Crippen molar-refractivity contribution >= 4 is 5.52 Å². The summed E-state index contributed by atoms with van der Waals surface area (Å²) < 4.78 is 7.18. The van der Waals surface area contributed by atoms with Crippen molar-refractivity contribution in [3.05, 3.63) is 28.2 Å². The summed E-state index contributed by atoms with van der Waals surface area (Å²) >= 11 is 0. The Bertz CT molecular complexity index is 732. The van der Waals surface area contributed by atoms with Crippen molar-refractivity contribution in [1.82, 2.24) is 24.9 Å². The van der Waals surface area contributed by atoms with Gasteiger partial charge in [-0.05, 0) is 25.3 Å². The fraction of sp³-hybridized carbons (Fsp3) is 0.706. The van der Waals surface area contributed by atoms with Crippen LogP contribution < -0.4 is 10.9 Å². The van der Waals surface area contributed by atoms with Gasteiger partial charge < -0.3 is 15.0 Å². The van der Waals surface area contributed by atoms with E-state index in [1.807, 2.05) is 13.8 Å². The Morgan fingerprint density at radius 2 is 2.00 bits per heavy atom. The van der Waals surface area contributed by atoms with Gasteiger partial charge in [0.15, 0.2) is 5.52 Å². The van der Waals surface area contributed by atoms with Crippen molar-refractivity contribution in [3.63, 3.8) is 0 Å². The third-order valence-corrected chi connectivity index (χ3v) is 4.90. The van der Waals surface area contributed by atoms with E-state index in [0.717, 1.165) is 50.8 Å². The predicted molar refractivity (Wildman–Crippen MR) is 92.5 cm³/mol.